The molecule has 100 valence electrons. The van der Waals surface area contributed by atoms with E-state index in [-0.39, 0.29) is 0 Å². The SMILES string of the molecule is NCCc1cccc(Cl)c1OCc1ccncc1Cl. The summed E-state index contributed by atoms with van der Waals surface area (Å²) < 4.78 is 5.79. The quantitative estimate of drug-likeness (QED) is 0.919. The highest BCUT2D eigenvalue weighted by molar-refractivity contribution is 6.32. The van der Waals surface area contributed by atoms with E-state index in [4.69, 9.17) is 33.7 Å². The van der Waals surface area contributed by atoms with Crippen molar-refractivity contribution >= 4 is 23.2 Å². The van der Waals surface area contributed by atoms with Gasteiger partial charge in [0.05, 0.1) is 10.0 Å². The van der Waals surface area contributed by atoms with E-state index in [9.17, 15) is 0 Å². The molecule has 0 amide bonds. The Balaban J connectivity index is 2.17. The molecule has 0 radical (unpaired) electrons. The third-order valence-electron chi connectivity index (χ3n) is 2.69. The molecule has 5 heteroatoms. The van der Waals surface area contributed by atoms with Gasteiger partial charge < -0.3 is 10.5 Å². The Morgan fingerprint density at radius 2 is 1.95 bits per heavy atom. The zero-order valence-electron chi connectivity index (χ0n) is 10.3. The number of ether oxygens (including phenoxy) is 1. The molecule has 0 aliphatic carbocycles. The van der Waals surface area contributed by atoms with Crippen molar-refractivity contribution < 1.29 is 4.74 Å². The second-order valence-electron chi connectivity index (χ2n) is 4.02. The van der Waals surface area contributed by atoms with Gasteiger partial charge in [-0.3, -0.25) is 4.98 Å². The lowest BCUT2D eigenvalue weighted by atomic mass is 10.1. The number of halogens is 2. The van der Waals surface area contributed by atoms with E-state index in [1.807, 2.05) is 18.2 Å². The van der Waals surface area contributed by atoms with Gasteiger partial charge in [0.1, 0.15) is 12.4 Å². The Morgan fingerprint density at radius 1 is 1.11 bits per heavy atom. The molecule has 19 heavy (non-hydrogen) atoms. The molecule has 1 aromatic carbocycles. The summed E-state index contributed by atoms with van der Waals surface area (Å²) in [6, 6.07) is 7.47. The summed E-state index contributed by atoms with van der Waals surface area (Å²) in [5.74, 6) is 0.669. The van der Waals surface area contributed by atoms with Crippen LogP contribution in [0, 0.1) is 0 Å². The van der Waals surface area contributed by atoms with E-state index in [2.05, 4.69) is 4.98 Å². The largest absolute Gasteiger partial charge is 0.487 e. The van der Waals surface area contributed by atoms with Crippen molar-refractivity contribution in [1.82, 2.24) is 4.98 Å². The van der Waals surface area contributed by atoms with Gasteiger partial charge in [-0.2, -0.15) is 0 Å². The molecule has 0 saturated carbocycles. The summed E-state index contributed by atoms with van der Waals surface area (Å²) in [5.41, 5.74) is 7.45. The molecule has 0 aliphatic rings. The van der Waals surface area contributed by atoms with Crippen molar-refractivity contribution in [2.24, 2.45) is 5.73 Å². The topological polar surface area (TPSA) is 48.1 Å². The van der Waals surface area contributed by atoms with E-state index in [0.717, 1.165) is 17.5 Å². The van der Waals surface area contributed by atoms with E-state index in [0.29, 0.717) is 28.9 Å². The number of nitrogens with two attached hydrogens (primary N) is 1. The van der Waals surface area contributed by atoms with Gasteiger partial charge >= 0.3 is 0 Å². The smallest absolute Gasteiger partial charge is 0.141 e. The highest BCUT2D eigenvalue weighted by atomic mass is 35.5. The molecule has 1 aromatic heterocycles. The first-order valence-corrected chi connectivity index (χ1v) is 6.66. The molecule has 2 rings (SSSR count). The number of rotatable bonds is 5. The Morgan fingerprint density at radius 3 is 2.68 bits per heavy atom. The Hall–Kier alpha value is -1.29. The number of aromatic nitrogens is 1. The first-order chi connectivity index (χ1) is 9.22. The maximum absolute atomic E-state index is 6.16. The molecule has 3 nitrogen and oxygen atoms in total. The van der Waals surface area contributed by atoms with Crippen molar-refractivity contribution in [3.8, 4) is 5.75 Å². The fourth-order valence-corrected chi connectivity index (χ4v) is 2.16. The number of hydrogen-bond acceptors (Lipinski definition) is 3. The van der Waals surface area contributed by atoms with Crippen LogP contribution in [0.25, 0.3) is 0 Å². The number of nitrogens with zero attached hydrogens (tertiary/aromatic N) is 1. The summed E-state index contributed by atoms with van der Waals surface area (Å²) in [6.07, 6.45) is 3.99. The van der Waals surface area contributed by atoms with Crippen LogP contribution >= 0.6 is 23.2 Å². The van der Waals surface area contributed by atoms with Crippen molar-refractivity contribution in [3.63, 3.8) is 0 Å². The third kappa shape index (κ3) is 3.60. The van der Waals surface area contributed by atoms with Crippen molar-refractivity contribution in [1.29, 1.82) is 0 Å². The van der Waals surface area contributed by atoms with Gasteiger partial charge in [0, 0.05) is 18.0 Å². The second kappa shape index (κ2) is 6.75. The molecule has 0 unspecified atom stereocenters. The predicted octanol–water partition coefficient (Wildman–Crippen LogP) is 3.47. The number of hydrogen-bond donors (Lipinski definition) is 1. The average molecular weight is 297 g/mol. The van der Waals surface area contributed by atoms with Crippen LogP contribution in [0.5, 0.6) is 5.75 Å². The van der Waals surface area contributed by atoms with Crippen LogP contribution in [0.3, 0.4) is 0 Å². The van der Waals surface area contributed by atoms with Crippen LogP contribution in [0.15, 0.2) is 36.7 Å². The van der Waals surface area contributed by atoms with E-state index >= 15 is 0 Å². The number of para-hydroxylation sites is 1. The zero-order valence-corrected chi connectivity index (χ0v) is 11.8. The summed E-state index contributed by atoms with van der Waals surface area (Å²) in [5, 5.41) is 1.16. The van der Waals surface area contributed by atoms with Crippen LogP contribution in [-0.4, -0.2) is 11.5 Å². The van der Waals surface area contributed by atoms with Crippen LogP contribution in [0.1, 0.15) is 11.1 Å². The second-order valence-corrected chi connectivity index (χ2v) is 4.84. The van der Waals surface area contributed by atoms with Gasteiger partial charge in [-0.05, 0) is 30.7 Å². The Kier molecular flexibility index (Phi) is 5.02. The predicted molar refractivity (Wildman–Crippen MR) is 77.8 cm³/mol. The van der Waals surface area contributed by atoms with Crippen molar-refractivity contribution in [3.05, 3.63) is 57.8 Å². The van der Waals surface area contributed by atoms with Crippen LogP contribution in [0.2, 0.25) is 10.0 Å². The lowest BCUT2D eigenvalue weighted by Crippen LogP contribution is -2.06. The molecule has 0 fully saturated rings. The monoisotopic (exact) mass is 296 g/mol. The lowest BCUT2D eigenvalue weighted by molar-refractivity contribution is 0.303. The lowest BCUT2D eigenvalue weighted by Gasteiger charge is -2.13. The average Bonchev–Trinajstić information content (AvgIpc) is 2.40. The summed E-state index contributed by atoms with van der Waals surface area (Å²) in [4.78, 5) is 3.93. The number of benzene rings is 1. The zero-order chi connectivity index (χ0) is 13.7. The minimum absolute atomic E-state index is 0.350. The van der Waals surface area contributed by atoms with Gasteiger partial charge in [0.15, 0.2) is 0 Å². The van der Waals surface area contributed by atoms with Gasteiger partial charge in [0.25, 0.3) is 0 Å². The fraction of sp³-hybridized carbons (Fsp3) is 0.214. The highest BCUT2D eigenvalue weighted by Crippen LogP contribution is 2.30. The summed E-state index contributed by atoms with van der Waals surface area (Å²) in [6.45, 7) is 0.898. The van der Waals surface area contributed by atoms with E-state index < -0.39 is 0 Å². The van der Waals surface area contributed by atoms with Crippen LogP contribution in [-0.2, 0) is 13.0 Å². The normalized spacial score (nSPS) is 10.5. The first kappa shape index (κ1) is 14.1. The molecule has 0 aliphatic heterocycles. The molecular weight excluding hydrogens is 283 g/mol. The molecule has 0 bridgehead atoms. The van der Waals surface area contributed by atoms with Gasteiger partial charge in [-0.15, -0.1) is 0 Å². The Labute approximate surface area is 122 Å². The molecule has 0 atom stereocenters. The van der Waals surface area contributed by atoms with Gasteiger partial charge in [0.2, 0.25) is 0 Å². The van der Waals surface area contributed by atoms with Crippen molar-refractivity contribution in [2.75, 3.05) is 6.54 Å². The van der Waals surface area contributed by atoms with Crippen molar-refractivity contribution in [2.45, 2.75) is 13.0 Å². The van der Waals surface area contributed by atoms with Crippen LogP contribution in [0.4, 0.5) is 0 Å². The van der Waals surface area contributed by atoms with Crippen LogP contribution < -0.4 is 10.5 Å². The molecule has 0 saturated heterocycles. The first-order valence-electron chi connectivity index (χ1n) is 5.91. The molecule has 1 heterocycles. The molecule has 2 N–H and O–H groups in total. The van der Waals surface area contributed by atoms with E-state index in [1.54, 1.807) is 18.5 Å². The maximum atomic E-state index is 6.16. The third-order valence-corrected chi connectivity index (χ3v) is 3.33. The molecule has 0 spiro atoms. The summed E-state index contributed by atoms with van der Waals surface area (Å²) in [7, 11) is 0. The standard InChI is InChI=1S/C14H14Cl2N2O/c15-12-3-1-2-10(4-6-17)14(12)19-9-11-5-7-18-8-13(11)16/h1-3,5,7-8H,4,6,9,17H2. The minimum Gasteiger partial charge on any atom is -0.487 e. The van der Waals surface area contributed by atoms with E-state index in [1.165, 1.54) is 0 Å². The summed E-state index contributed by atoms with van der Waals surface area (Å²) >= 11 is 12.2. The molecular formula is C14H14Cl2N2O. The maximum Gasteiger partial charge on any atom is 0.141 e. The molecule has 2 aromatic rings. The van der Waals surface area contributed by atoms with Gasteiger partial charge in [-0.1, -0.05) is 35.3 Å². The number of pyridine rings is 1. The Bertz CT molecular complexity index is 561. The minimum atomic E-state index is 0.350. The van der Waals surface area contributed by atoms with Gasteiger partial charge in [-0.25, -0.2) is 0 Å². The fourth-order valence-electron chi connectivity index (χ4n) is 1.74. The highest BCUT2D eigenvalue weighted by Gasteiger charge is 2.09.